The lowest BCUT2D eigenvalue weighted by molar-refractivity contribution is 1.44. The molecule has 0 N–H and O–H groups in total. The van der Waals surface area contributed by atoms with Crippen molar-refractivity contribution in [3.05, 3.63) is 131 Å². The Morgan fingerprint density at radius 1 is 0.265 bits per heavy atom. The Kier molecular flexibility index (Phi) is 5.90. The molecule has 0 heteroatoms. The molecule has 0 aliphatic carbocycles. The van der Waals surface area contributed by atoms with E-state index in [4.69, 9.17) is 0 Å². The van der Waals surface area contributed by atoms with E-state index in [1.165, 1.54) is 66.8 Å². The van der Waals surface area contributed by atoms with Crippen molar-refractivity contribution in [1.29, 1.82) is 0 Å². The maximum Gasteiger partial charge on any atom is -0.00206 e. The molecule has 0 nitrogen and oxygen atoms in total. The molecule has 0 bridgehead atoms. The molecule has 0 saturated carbocycles. The van der Waals surface area contributed by atoms with Crippen LogP contribution in [0.2, 0.25) is 0 Å². The molecule has 0 unspecified atom stereocenters. The molecule has 0 saturated heterocycles. The van der Waals surface area contributed by atoms with E-state index in [1.54, 1.807) is 0 Å². The van der Waals surface area contributed by atoms with E-state index < -0.39 is 0 Å². The highest BCUT2D eigenvalue weighted by molar-refractivity contribution is 6.01. The molecule has 0 aliphatic heterocycles. The summed E-state index contributed by atoms with van der Waals surface area (Å²) in [6, 6.07) is 40.3. The Balaban J connectivity index is 1.88. The highest BCUT2D eigenvalue weighted by Crippen LogP contribution is 2.45. The summed E-state index contributed by atoms with van der Waals surface area (Å²) in [7, 11) is 0. The first kappa shape index (κ1) is 21.9. The Labute approximate surface area is 203 Å². The molecule has 5 rings (SSSR count). The predicted octanol–water partition coefficient (Wildman–Crippen LogP) is 9.59. The normalized spacial score (nSPS) is 10.9. The van der Waals surface area contributed by atoms with E-state index >= 15 is 0 Å². The lowest BCUT2D eigenvalue weighted by Gasteiger charge is -2.21. The van der Waals surface area contributed by atoms with Crippen LogP contribution in [0.15, 0.2) is 109 Å². The molecular formula is C34H30. The summed E-state index contributed by atoms with van der Waals surface area (Å²) < 4.78 is 0. The van der Waals surface area contributed by atoms with Crippen molar-refractivity contribution in [2.24, 2.45) is 0 Å². The quantitative estimate of drug-likeness (QED) is 0.262. The second kappa shape index (κ2) is 9.15. The Morgan fingerprint density at radius 2 is 0.500 bits per heavy atom. The lowest BCUT2D eigenvalue weighted by atomic mass is 9.82. The summed E-state index contributed by atoms with van der Waals surface area (Å²) in [6.45, 7) is 8.58. The maximum absolute atomic E-state index is 2.30. The van der Waals surface area contributed by atoms with Gasteiger partial charge in [-0.1, -0.05) is 131 Å². The first-order chi connectivity index (χ1) is 16.5. The van der Waals surface area contributed by atoms with Crippen molar-refractivity contribution in [3.63, 3.8) is 0 Å². The summed E-state index contributed by atoms with van der Waals surface area (Å²) in [5.74, 6) is 0. The molecule has 166 valence electrons. The van der Waals surface area contributed by atoms with E-state index in [9.17, 15) is 0 Å². The van der Waals surface area contributed by atoms with Gasteiger partial charge in [0.2, 0.25) is 0 Å². The molecule has 0 heterocycles. The largest absolute Gasteiger partial charge is 0.0587 e. The Hall–Kier alpha value is -3.90. The number of benzene rings is 5. The molecule has 0 radical (unpaired) electrons. The molecule has 0 aliphatic rings. The standard InChI is InChI=1S/C34H30/c1-23-5-13-27(14-6-23)31-21-22-32(28-15-7-24(2)8-16-28)34(30-19-11-26(4)12-20-30)33(31)29-17-9-25(3)10-18-29/h5-22H,1-4H3. The Morgan fingerprint density at radius 3 is 0.765 bits per heavy atom. The van der Waals surface area contributed by atoms with Crippen molar-refractivity contribution in [3.8, 4) is 44.5 Å². The minimum absolute atomic E-state index is 1.24. The van der Waals surface area contributed by atoms with E-state index in [2.05, 4.69) is 137 Å². The highest BCUT2D eigenvalue weighted by Gasteiger charge is 2.19. The fourth-order valence-corrected chi connectivity index (χ4v) is 4.59. The van der Waals surface area contributed by atoms with Gasteiger partial charge in [0.1, 0.15) is 0 Å². The molecule has 0 aromatic heterocycles. The zero-order valence-electron chi connectivity index (χ0n) is 20.4. The first-order valence-electron chi connectivity index (χ1n) is 11.9. The second-order valence-corrected chi connectivity index (χ2v) is 9.37. The van der Waals surface area contributed by atoms with Gasteiger partial charge in [0.05, 0.1) is 0 Å². The van der Waals surface area contributed by atoms with Gasteiger partial charge in [-0.3, -0.25) is 0 Å². The SMILES string of the molecule is Cc1ccc(-c2ccc(-c3ccc(C)cc3)c(-c3ccc(C)cc3)c2-c2ccc(C)cc2)cc1. The van der Waals surface area contributed by atoms with Crippen LogP contribution >= 0.6 is 0 Å². The van der Waals surface area contributed by atoms with Crippen LogP contribution in [0, 0.1) is 27.7 Å². The van der Waals surface area contributed by atoms with Gasteiger partial charge in [-0.2, -0.15) is 0 Å². The van der Waals surface area contributed by atoms with Gasteiger partial charge in [0.15, 0.2) is 0 Å². The highest BCUT2D eigenvalue weighted by atomic mass is 14.2. The summed E-state index contributed by atoms with van der Waals surface area (Å²) in [5, 5.41) is 0. The van der Waals surface area contributed by atoms with Crippen molar-refractivity contribution >= 4 is 0 Å². The second-order valence-electron chi connectivity index (χ2n) is 9.37. The van der Waals surface area contributed by atoms with Gasteiger partial charge in [-0.25, -0.2) is 0 Å². The number of aryl methyl sites for hydroxylation is 4. The number of rotatable bonds is 4. The van der Waals surface area contributed by atoms with Gasteiger partial charge in [0.25, 0.3) is 0 Å². The molecule has 34 heavy (non-hydrogen) atoms. The maximum atomic E-state index is 2.30. The minimum atomic E-state index is 1.24. The average Bonchev–Trinajstić information content (AvgIpc) is 2.85. The van der Waals surface area contributed by atoms with Crippen LogP contribution in [0.4, 0.5) is 0 Å². The third kappa shape index (κ3) is 4.32. The van der Waals surface area contributed by atoms with E-state index in [-0.39, 0.29) is 0 Å². The van der Waals surface area contributed by atoms with Gasteiger partial charge >= 0.3 is 0 Å². The molecule has 0 atom stereocenters. The van der Waals surface area contributed by atoms with Gasteiger partial charge in [-0.15, -0.1) is 0 Å². The molecular weight excluding hydrogens is 408 g/mol. The number of hydrogen-bond donors (Lipinski definition) is 0. The molecule has 0 fully saturated rings. The fraction of sp³-hybridized carbons (Fsp3) is 0.118. The molecule has 5 aromatic rings. The lowest BCUT2D eigenvalue weighted by Crippen LogP contribution is -1.95. The fourth-order valence-electron chi connectivity index (χ4n) is 4.59. The summed E-state index contributed by atoms with van der Waals surface area (Å²) in [6.07, 6.45) is 0. The van der Waals surface area contributed by atoms with E-state index in [0.29, 0.717) is 0 Å². The smallest absolute Gasteiger partial charge is 0.00206 e. The minimum Gasteiger partial charge on any atom is -0.0587 e. The van der Waals surface area contributed by atoms with Crippen LogP contribution in [0.1, 0.15) is 22.3 Å². The van der Waals surface area contributed by atoms with Gasteiger partial charge in [-0.05, 0) is 72.2 Å². The van der Waals surface area contributed by atoms with Crippen molar-refractivity contribution in [2.45, 2.75) is 27.7 Å². The average molecular weight is 439 g/mol. The van der Waals surface area contributed by atoms with Crippen LogP contribution in [-0.4, -0.2) is 0 Å². The van der Waals surface area contributed by atoms with Gasteiger partial charge < -0.3 is 0 Å². The van der Waals surface area contributed by atoms with E-state index in [0.717, 1.165) is 0 Å². The monoisotopic (exact) mass is 438 g/mol. The van der Waals surface area contributed by atoms with Crippen LogP contribution in [0.25, 0.3) is 44.5 Å². The van der Waals surface area contributed by atoms with Crippen molar-refractivity contribution in [2.75, 3.05) is 0 Å². The van der Waals surface area contributed by atoms with Crippen LogP contribution < -0.4 is 0 Å². The zero-order valence-corrected chi connectivity index (χ0v) is 20.4. The Bertz CT molecular complexity index is 1300. The number of hydrogen-bond acceptors (Lipinski definition) is 0. The van der Waals surface area contributed by atoms with E-state index in [1.807, 2.05) is 0 Å². The summed E-state index contributed by atoms with van der Waals surface area (Å²) in [4.78, 5) is 0. The molecule has 0 amide bonds. The third-order valence-corrected chi connectivity index (χ3v) is 6.61. The van der Waals surface area contributed by atoms with Crippen LogP contribution in [0.5, 0.6) is 0 Å². The van der Waals surface area contributed by atoms with Gasteiger partial charge in [0, 0.05) is 0 Å². The summed E-state index contributed by atoms with van der Waals surface area (Å²) >= 11 is 0. The van der Waals surface area contributed by atoms with Crippen molar-refractivity contribution < 1.29 is 0 Å². The predicted molar refractivity (Wildman–Crippen MR) is 147 cm³/mol. The topological polar surface area (TPSA) is 0 Å². The van der Waals surface area contributed by atoms with Crippen LogP contribution in [0.3, 0.4) is 0 Å². The molecule has 0 spiro atoms. The third-order valence-electron chi connectivity index (χ3n) is 6.61. The molecule has 5 aromatic carbocycles. The zero-order chi connectivity index (χ0) is 23.7. The first-order valence-corrected chi connectivity index (χ1v) is 11.9. The van der Waals surface area contributed by atoms with Crippen LogP contribution in [-0.2, 0) is 0 Å². The van der Waals surface area contributed by atoms with Crippen molar-refractivity contribution in [1.82, 2.24) is 0 Å². The summed E-state index contributed by atoms with van der Waals surface area (Å²) in [5.41, 5.74) is 15.1.